The smallest absolute Gasteiger partial charge is 0.253 e. The third-order valence-electron chi connectivity index (χ3n) is 4.93. The van der Waals surface area contributed by atoms with E-state index < -0.39 is 9.84 Å². The van der Waals surface area contributed by atoms with Crippen molar-refractivity contribution in [2.75, 3.05) is 6.26 Å². The van der Waals surface area contributed by atoms with Gasteiger partial charge in [-0.3, -0.25) is 9.78 Å². The van der Waals surface area contributed by atoms with E-state index in [0.29, 0.717) is 22.2 Å². The summed E-state index contributed by atoms with van der Waals surface area (Å²) >= 11 is 0. The van der Waals surface area contributed by atoms with Gasteiger partial charge in [0, 0.05) is 42.2 Å². The molecule has 5 rings (SSSR count). The zero-order valence-electron chi connectivity index (χ0n) is 16.7. The Morgan fingerprint density at radius 3 is 2.34 bits per heavy atom. The summed E-state index contributed by atoms with van der Waals surface area (Å²) in [5.41, 5.74) is 2.40. The van der Waals surface area contributed by atoms with Gasteiger partial charge in [0.2, 0.25) is 11.3 Å². The molecule has 1 aromatic carbocycles. The van der Waals surface area contributed by atoms with E-state index in [4.69, 9.17) is 4.42 Å². The fourth-order valence-electron chi connectivity index (χ4n) is 3.26. The highest BCUT2D eigenvalue weighted by Crippen LogP contribution is 2.25. The normalized spacial score (nSPS) is 11.7. The van der Waals surface area contributed by atoms with Crippen LogP contribution < -0.4 is 5.43 Å². The zero-order valence-corrected chi connectivity index (χ0v) is 17.5. The Balaban J connectivity index is 1.57. The topological polar surface area (TPSA) is 132 Å². The first-order valence-electron chi connectivity index (χ1n) is 9.46. The maximum absolute atomic E-state index is 13.2. The third kappa shape index (κ3) is 3.56. The quantitative estimate of drug-likeness (QED) is 0.446. The lowest BCUT2D eigenvalue weighted by Gasteiger charge is -2.05. The van der Waals surface area contributed by atoms with E-state index in [1.807, 2.05) is 0 Å². The maximum Gasteiger partial charge on any atom is 0.253 e. The highest BCUT2D eigenvalue weighted by Gasteiger charge is 2.16. The standard InChI is InChI=1S/C22H15N5O4S/c1-32(29,30)16-4-2-13(3-5-16)15-10-17-19(28)18(12-25-20(17)24-11-15)22-27-26-21(31-22)14-6-8-23-9-7-14/h2-12H,1H3,(H,24,25,28). The van der Waals surface area contributed by atoms with Crippen molar-refractivity contribution >= 4 is 20.9 Å². The average Bonchev–Trinajstić information content (AvgIpc) is 3.29. The number of nitrogens with zero attached hydrogens (tertiary/aromatic N) is 4. The molecule has 4 heterocycles. The molecule has 0 fully saturated rings. The summed E-state index contributed by atoms with van der Waals surface area (Å²) in [7, 11) is -3.29. The van der Waals surface area contributed by atoms with E-state index in [0.717, 1.165) is 11.8 Å². The van der Waals surface area contributed by atoms with Crippen LogP contribution in [0, 0.1) is 0 Å². The molecule has 4 aromatic heterocycles. The van der Waals surface area contributed by atoms with Crippen LogP contribution in [-0.2, 0) is 9.84 Å². The Bertz CT molecular complexity index is 1610. The lowest BCUT2D eigenvalue weighted by Crippen LogP contribution is -2.07. The van der Waals surface area contributed by atoms with Gasteiger partial charge in [0.1, 0.15) is 11.2 Å². The zero-order chi connectivity index (χ0) is 22.3. The number of nitrogens with one attached hydrogen (secondary N) is 1. The number of pyridine rings is 3. The Kier molecular flexibility index (Phi) is 4.63. The highest BCUT2D eigenvalue weighted by molar-refractivity contribution is 7.90. The number of fused-ring (bicyclic) bond motifs is 1. The van der Waals surface area contributed by atoms with Gasteiger partial charge >= 0.3 is 0 Å². The summed E-state index contributed by atoms with van der Waals surface area (Å²) in [5, 5.41) is 8.37. The summed E-state index contributed by atoms with van der Waals surface area (Å²) < 4.78 is 29.1. The number of sulfone groups is 1. The predicted octanol–water partition coefficient (Wildman–Crippen LogP) is 3.11. The molecule has 0 aliphatic carbocycles. The lowest BCUT2D eigenvalue weighted by molar-refractivity contribution is 0.584. The second-order valence-electron chi connectivity index (χ2n) is 7.10. The molecule has 32 heavy (non-hydrogen) atoms. The summed E-state index contributed by atoms with van der Waals surface area (Å²) in [5.74, 6) is 0.364. The number of aromatic amines is 1. The minimum absolute atomic E-state index is 0.0860. The third-order valence-corrected chi connectivity index (χ3v) is 6.06. The Hall–Kier alpha value is -4.18. The lowest BCUT2D eigenvalue weighted by atomic mass is 10.1. The van der Waals surface area contributed by atoms with Crippen LogP contribution in [0.4, 0.5) is 0 Å². The largest absolute Gasteiger partial charge is 0.416 e. The Morgan fingerprint density at radius 2 is 1.62 bits per heavy atom. The molecule has 10 heteroatoms. The van der Waals surface area contributed by atoms with Crippen molar-refractivity contribution in [2.24, 2.45) is 0 Å². The van der Waals surface area contributed by atoms with Crippen LogP contribution in [0.2, 0.25) is 0 Å². The molecule has 1 N–H and O–H groups in total. The number of benzene rings is 1. The van der Waals surface area contributed by atoms with Gasteiger partial charge in [-0.15, -0.1) is 10.2 Å². The molecule has 0 aliphatic rings. The van der Waals surface area contributed by atoms with Crippen LogP contribution in [0.15, 0.2) is 81.4 Å². The number of hydrogen-bond acceptors (Lipinski definition) is 8. The molecular weight excluding hydrogens is 430 g/mol. The molecule has 0 spiro atoms. The molecule has 0 aliphatic heterocycles. The van der Waals surface area contributed by atoms with E-state index in [1.54, 1.807) is 48.9 Å². The fourth-order valence-corrected chi connectivity index (χ4v) is 3.89. The number of aromatic nitrogens is 5. The molecule has 0 unspecified atom stereocenters. The molecule has 0 atom stereocenters. The fraction of sp³-hybridized carbons (Fsp3) is 0.0455. The second-order valence-corrected chi connectivity index (χ2v) is 9.11. The van der Waals surface area contributed by atoms with Crippen molar-refractivity contribution in [1.29, 1.82) is 0 Å². The van der Waals surface area contributed by atoms with Crippen LogP contribution in [0.25, 0.3) is 45.1 Å². The van der Waals surface area contributed by atoms with Gasteiger partial charge in [0.15, 0.2) is 9.84 Å². The minimum Gasteiger partial charge on any atom is -0.416 e. The van der Waals surface area contributed by atoms with E-state index in [1.165, 1.54) is 18.3 Å². The summed E-state index contributed by atoms with van der Waals surface area (Å²) in [4.78, 5) is 24.7. The first-order valence-corrected chi connectivity index (χ1v) is 11.4. The highest BCUT2D eigenvalue weighted by atomic mass is 32.2. The second kappa shape index (κ2) is 7.50. The first kappa shape index (κ1) is 19.8. The van der Waals surface area contributed by atoms with Gasteiger partial charge < -0.3 is 9.40 Å². The number of hydrogen-bond donors (Lipinski definition) is 1. The molecule has 9 nitrogen and oxygen atoms in total. The van der Waals surface area contributed by atoms with Gasteiger partial charge in [-0.1, -0.05) is 12.1 Å². The van der Waals surface area contributed by atoms with Crippen molar-refractivity contribution < 1.29 is 12.8 Å². The van der Waals surface area contributed by atoms with Crippen LogP contribution >= 0.6 is 0 Å². The van der Waals surface area contributed by atoms with Crippen LogP contribution in [-0.4, -0.2) is 39.8 Å². The molecule has 158 valence electrons. The predicted molar refractivity (Wildman–Crippen MR) is 117 cm³/mol. The van der Waals surface area contributed by atoms with Crippen molar-refractivity contribution in [1.82, 2.24) is 25.1 Å². The van der Waals surface area contributed by atoms with Crippen LogP contribution in [0.3, 0.4) is 0 Å². The summed E-state index contributed by atoms with van der Waals surface area (Å²) in [6.45, 7) is 0. The number of H-pyrrole nitrogens is 1. The average molecular weight is 445 g/mol. The van der Waals surface area contributed by atoms with Gasteiger partial charge in [-0.2, -0.15) is 0 Å². The van der Waals surface area contributed by atoms with Crippen LogP contribution in [0.1, 0.15) is 0 Å². The Labute approximate surface area is 181 Å². The molecule has 0 bridgehead atoms. The van der Waals surface area contributed by atoms with Gasteiger partial charge in [-0.25, -0.2) is 13.4 Å². The molecule has 0 saturated carbocycles. The maximum atomic E-state index is 13.2. The van der Waals surface area contributed by atoms with E-state index in [9.17, 15) is 13.2 Å². The van der Waals surface area contributed by atoms with Crippen molar-refractivity contribution in [3.8, 4) is 34.0 Å². The van der Waals surface area contributed by atoms with Crippen molar-refractivity contribution in [2.45, 2.75) is 4.90 Å². The van der Waals surface area contributed by atoms with E-state index in [2.05, 4.69) is 25.1 Å². The van der Waals surface area contributed by atoms with Crippen molar-refractivity contribution in [3.63, 3.8) is 0 Å². The van der Waals surface area contributed by atoms with Gasteiger partial charge in [0.05, 0.1) is 10.3 Å². The van der Waals surface area contributed by atoms with Gasteiger partial charge in [-0.05, 0) is 35.9 Å². The van der Waals surface area contributed by atoms with E-state index in [-0.39, 0.29) is 27.7 Å². The molecular formula is C22H15N5O4S. The summed E-state index contributed by atoms with van der Waals surface area (Å²) in [6.07, 6.45) is 7.47. The summed E-state index contributed by atoms with van der Waals surface area (Å²) in [6, 6.07) is 11.6. The molecule has 0 amide bonds. The Morgan fingerprint density at radius 1 is 0.906 bits per heavy atom. The van der Waals surface area contributed by atoms with Gasteiger partial charge in [0.25, 0.3) is 5.89 Å². The number of rotatable bonds is 4. The molecule has 5 aromatic rings. The first-order chi connectivity index (χ1) is 15.4. The SMILES string of the molecule is CS(=O)(=O)c1ccc(-c2cnc3[nH]cc(-c4nnc(-c5ccncc5)o4)c(=O)c3c2)cc1. The van der Waals surface area contributed by atoms with Crippen molar-refractivity contribution in [3.05, 3.63) is 77.5 Å². The minimum atomic E-state index is -3.29. The monoisotopic (exact) mass is 445 g/mol. The molecule has 0 saturated heterocycles. The van der Waals surface area contributed by atoms with E-state index >= 15 is 0 Å². The van der Waals surface area contributed by atoms with Crippen LogP contribution in [0.5, 0.6) is 0 Å². The molecule has 0 radical (unpaired) electrons.